The van der Waals surface area contributed by atoms with Crippen LogP contribution in [-0.2, 0) is 27.8 Å². The molecule has 10 heteroatoms. The van der Waals surface area contributed by atoms with Gasteiger partial charge in [-0.1, -0.05) is 35.0 Å². The standard InChI is InChI=1S/C21H25ClN4O4S/c1-25(31(27,28)16-6-7-16)13-20-23-21(24-30-20)18-10-14(11-19(22)29-18)12-26-9-8-15-4-2-3-5-17(15)26/h2-5,8-9,14,16,18-19H,6-7,10-13H2,1H3. The Hall–Kier alpha value is -1.94. The Morgan fingerprint density at radius 2 is 2.03 bits per heavy atom. The van der Waals surface area contributed by atoms with Gasteiger partial charge < -0.3 is 13.8 Å². The number of hydrogen-bond acceptors (Lipinski definition) is 6. The van der Waals surface area contributed by atoms with Crippen LogP contribution in [0.4, 0.5) is 0 Å². The maximum atomic E-state index is 12.3. The second kappa shape index (κ2) is 8.20. The highest BCUT2D eigenvalue weighted by molar-refractivity contribution is 7.90. The Morgan fingerprint density at radius 1 is 1.23 bits per heavy atom. The molecule has 1 aliphatic carbocycles. The van der Waals surface area contributed by atoms with Crippen LogP contribution in [0.1, 0.15) is 43.5 Å². The van der Waals surface area contributed by atoms with Gasteiger partial charge in [0.2, 0.25) is 21.7 Å². The van der Waals surface area contributed by atoms with E-state index in [1.54, 1.807) is 7.05 Å². The fourth-order valence-corrected chi connectivity index (χ4v) is 6.11. The molecule has 0 amide bonds. The van der Waals surface area contributed by atoms with E-state index in [1.165, 1.54) is 15.2 Å². The van der Waals surface area contributed by atoms with Crippen molar-refractivity contribution >= 4 is 32.5 Å². The van der Waals surface area contributed by atoms with Gasteiger partial charge >= 0.3 is 0 Å². The lowest BCUT2D eigenvalue weighted by Gasteiger charge is -2.31. The van der Waals surface area contributed by atoms with Gasteiger partial charge in [-0.2, -0.15) is 9.29 Å². The number of alkyl halides is 1. The van der Waals surface area contributed by atoms with Gasteiger partial charge in [-0.3, -0.25) is 0 Å². The Labute approximate surface area is 186 Å². The first-order valence-electron chi connectivity index (χ1n) is 10.5. The van der Waals surface area contributed by atoms with Crippen molar-refractivity contribution in [1.29, 1.82) is 0 Å². The molecule has 0 bridgehead atoms. The van der Waals surface area contributed by atoms with Crippen LogP contribution >= 0.6 is 11.6 Å². The summed E-state index contributed by atoms with van der Waals surface area (Å²) in [6.07, 6.45) is 4.59. The summed E-state index contributed by atoms with van der Waals surface area (Å²) >= 11 is 6.40. The zero-order valence-corrected chi connectivity index (χ0v) is 18.8. The van der Waals surface area contributed by atoms with Gasteiger partial charge in [0, 0.05) is 25.3 Å². The molecule has 3 unspecified atom stereocenters. The molecule has 2 aliphatic rings. The molecule has 0 N–H and O–H groups in total. The van der Waals surface area contributed by atoms with Crippen molar-refractivity contribution < 1.29 is 17.7 Å². The topological polar surface area (TPSA) is 90.5 Å². The first-order valence-corrected chi connectivity index (χ1v) is 12.4. The number of ether oxygens (including phenoxy) is 1. The van der Waals surface area contributed by atoms with Crippen molar-refractivity contribution in [2.24, 2.45) is 5.92 Å². The lowest BCUT2D eigenvalue weighted by molar-refractivity contribution is -0.0416. The number of para-hydroxylation sites is 1. The minimum Gasteiger partial charge on any atom is -0.351 e. The van der Waals surface area contributed by atoms with Crippen LogP contribution in [0.15, 0.2) is 41.1 Å². The van der Waals surface area contributed by atoms with Crippen LogP contribution in [0.25, 0.3) is 10.9 Å². The van der Waals surface area contributed by atoms with Gasteiger partial charge in [-0.25, -0.2) is 8.42 Å². The smallest absolute Gasteiger partial charge is 0.242 e. The maximum absolute atomic E-state index is 12.3. The molecule has 3 atom stereocenters. The van der Waals surface area contributed by atoms with Gasteiger partial charge in [-0.05, 0) is 49.1 Å². The summed E-state index contributed by atoms with van der Waals surface area (Å²) in [5.41, 5.74) is 0.754. The summed E-state index contributed by atoms with van der Waals surface area (Å²) in [6, 6.07) is 10.4. The molecule has 3 heterocycles. The van der Waals surface area contributed by atoms with Crippen molar-refractivity contribution in [2.45, 2.75) is 55.7 Å². The minimum atomic E-state index is -3.29. The quantitative estimate of drug-likeness (QED) is 0.495. The zero-order chi connectivity index (χ0) is 21.6. The van der Waals surface area contributed by atoms with Crippen LogP contribution in [0.3, 0.4) is 0 Å². The molecule has 2 fully saturated rings. The predicted octanol–water partition coefficient (Wildman–Crippen LogP) is 3.68. The van der Waals surface area contributed by atoms with Crippen LogP contribution in [-0.4, -0.2) is 45.3 Å². The summed E-state index contributed by atoms with van der Waals surface area (Å²) in [7, 11) is -1.75. The largest absolute Gasteiger partial charge is 0.351 e. The maximum Gasteiger partial charge on any atom is 0.242 e. The SMILES string of the molecule is CN(Cc1nc(C2CC(Cn3ccc4ccccc43)CC(Cl)O2)no1)S(=O)(=O)C1CC1. The van der Waals surface area contributed by atoms with Crippen LogP contribution in [0.2, 0.25) is 0 Å². The number of nitrogens with zero attached hydrogens (tertiary/aromatic N) is 4. The first-order chi connectivity index (χ1) is 14.9. The molecule has 5 rings (SSSR count). The van der Waals surface area contributed by atoms with Gasteiger partial charge in [0.1, 0.15) is 11.7 Å². The summed E-state index contributed by atoms with van der Waals surface area (Å²) in [5.74, 6) is 0.965. The van der Waals surface area contributed by atoms with Gasteiger partial charge in [-0.15, -0.1) is 0 Å². The molecule has 31 heavy (non-hydrogen) atoms. The monoisotopic (exact) mass is 464 g/mol. The van der Waals surface area contributed by atoms with Gasteiger partial charge in [0.15, 0.2) is 0 Å². The van der Waals surface area contributed by atoms with Gasteiger partial charge in [0.05, 0.1) is 11.8 Å². The predicted molar refractivity (Wildman–Crippen MR) is 116 cm³/mol. The summed E-state index contributed by atoms with van der Waals surface area (Å²) in [6.45, 7) is 0.880. The van der Waals surface area contributed by atoms with Crippen LogP contribution in [0, 0.1) is 5.92 Å². The number of benzene rings is 1. The third kappa shape index (κ3) is 4.37. The molecule has 0 radical (unpaired) electrons. The van der Waals surface area contributed by atoms with E-state index in [-0.39, 0.29) is 29.7 Å². The molecule has 0 spiro atoms. The van der Waals surface area contributed by atoms with Crippen molar-refractivity contribution in [3.05, 3.63) is 48.2 Å². The highest BCUT2D eigenvalue weighted by Crippen LogP contribution is 2.37. The van der Waals surface area contributed by atoms with Crippen LogP contribution in [0.5, 0.6) is 0 Å². The zero-order valence-electron chi connectivity index (χ0n) is 17.2. The van der Waals surface area contributed by atoms with E-state index in [2.05, 4.69) is 39.1 Å². The minimum absolute atomic E-state index is 0.0572. The summed E-state index contributed by atoms with van der Waals surface area (Å²) < 4.78 is 39.4. The average molecular weight is 465 g/mol. The second-order valence-corrected chi connectivity index (χ2v) is 11.3. The molecule has 8 nitrogen and oxygen atoms in total. The lowest BCUT2D eigenvalue weighted by atomic mass is 9.95. The van der Waals surface area contributed by atoms with Crippen LogP contribution < -0.4 is 0 Å². The number of rotatable bonds is 7. The third-order valence-corrected chi connectivity index (χ3v) is 8.62. The van der Waals surface area contributed by atoms with Crippen molar-refractivity contribution in [1.82, 2.24) is 19.0 Å². The molecule has 1 aromatic carbocycles. The Bertz CT molecular complexity index is 1170. The molecule has 166 valence electrons. The molecule has 1 saturated heterocycles. The number of halogens is 1. The second-order valence-electron chi connectivity index (χ2n) is 8.45. The summed E-state index contributed by atoms with van der Waals surface area (Å²) in [4.78, 5) is 4.41. The molecule has 2 aromatic heterocycles. The molecule has 1 saturated carbocycles. The number of sulfonamides is 1. The average Bonchev–Trinajstić information content (AvgIpc) is 3.39. The number of hydrogen-bond donors (Lipinski definition) is 0. The third-order valence-electron chi connectivity index (χ3n) is 6.02. The van der Waals surface area contributed by atoms with E-state index in [4.69, 9.17) is 20.9 Å². The number of aromatic nitrogens is 3. The summed E-state index contributed by atoms with van der Waals surface area (Å²) in [5, 5.41) is 4.99. The fourth-order valence-electron chi connectivity index (χ4n) is 4.21. The highest BCUT2D eigenvalue weighted by atomic mass is 35.5. The van der Waals surface area contributed by atoms with E-state index in [0.717, 1.165) is 13.0 Å². The molecular formula is C21H25ClN4O4S. The molecular weight excluding hydrogens is 440 g/mol. The van der Waals surface area contributed by atoms with E-state index in [0.29, 0.717) is 25.1 Å². The van der Waals surface area contributed by atoms with E-state index >= 15 is 0 Å². The van der Waals surface area contributed by atoms with Crippen molar-refractivity contribution in [3.63, 3.8) is 0 Å². The highest BCUT2D eigenvalue weighted by Gasteiger charge is 2.39. The normalized spacial score (nSPS) is 24.8. The fraction of sp³-hybridized carbons (Fsp3) is 0.524. The van der Waals surface area contributed by atoms with E-state index in [9.17, 15) is 8.42 Å². The van der Waals surface area contributed by atoms with Crippen molar-refractivity contribution in [3.8, 4) is 0 Å². The van der Waals surface area contributed by atoms with Gasteiger partial charge in [0.25, 0.3) is 0 Å². The number of fused-ring (bicyclic) bond motifs is 1. The van der Waals surface area contributed by atoms with E-state index < -0.39 is 15.6 Å². The van der Waals surface area contributed by atoms with Crippen molar-refractivity contribution in [2.75, 3.05) is 7.05 Å². The Morgan fingerprint density at radius 3 is 2.84 bits per heavy atom. The molecule has 1 aliphatic heterocycles. The van der Waals surface area contributed by atoms with E-state index in [1.807, 2.05) is 12.1 Å². The molecule has 3 aromatic rings. The Kier molecular flexibility index (Phi) is 5.54. The Balaban J connectivity index is 1.27. The lowest BCUT2D eigenvalue weighted by Crippen LogP contribution is -2.30. The first kappa shape index (κ1) is 20.9.